The van der Waals surface area contributed by atoms with Crippen LogP contribution < -0.4 is 11.1 Å². The number of hydrogen-bond acceptors (Lipinski definition) is 5. The van der Waals surface area contributed by atoms with E-state index in [1.54, 1.807) is 11.8 Å². The second-order valence-corrected chi connectivity index (χ2v) is 5.80. The second kappa shape index (κ2) is 5.27. The molecule has 6 heteroatoms. The molecule has 0 fully saturated rings. The summed E-state index contributed by atoms with van der Waals surface area (Å²) >= 11 is 1.70. The monoisotopic (exact) mass is 255 g/mol. The number of thioether (sulfide) groups is 1. The van der Waals surface area contributed by atoms with E-state index in [0.717, 1.165) is 0 Å². The third-order valence-electron chi connectivity index (χ3n) is 2.37. The molecule has 0 saturated heterocycles. The first-order chi connectivity index (χ1) is 7.85. The van der Waals surface area contributed by atoms with Crippen LogP contribution in [0.3, 0.4) is 0 Å². The van der Waals surface area contributed by atoms with Gasteiger partial charge in [0.1, 0.15) is 11.4 Å². The number of nitrogens with one attached hydrogen (secondary N) is 1. The molecular formula is C11H17N3O2S. The summed E-state index contributed by atoms with van der Waals surface area (Å²) < 4.78 is 0.0127. The van der Waals surface area contributed by atoms with Crippen molar-refractivity contribution < 1.29 is 9.90 Å². The average molecular weight is 255 g/mol. The lowest BCUT2D eigenvalue weighted by Gasteiger charge is -2.23. The van der Waals surface area contributed by atoms with Gasteiger partial charge in [-0.15, -0.1) is 0 Å². The van der Waals surface area contributed by atoms with Crippen molar-refractivity contribution in [2.75, 3.05) is 23.9 Å². The smallest absolute Gasteiger partial charge is 0.339 e. The Labute approximate surface area is 105 Å². The zero-order valence-electron chi connectivity index (χ0n) is 10.2. The Bertz CT molecular complexity index is 421. The third kappa shape index (κ3) is 3.81. The Morgan fingerprint density at radius 1 is 1.65 bits per heavy atom. The lowest BCUT2D eigenvalue weighted by Crippen LogP contribution is -2.27. The molecule has 94 valence electrons. The minimum Gasteiger partial charge on any atom is -0.478 e. The van der Waals surface area contributed by atoms with Crippen molar-refractivity contribution in [3.63, 3.8) is 0 Å². The third-order valence-corrected chi connectivity index (χ3v) is 3.62. The molecule has 1 rings (SSSR count). The summed E-state index contributed by atoms with van der Waals surface area (Å²) in [5.41, 5.74) is 5.96. The van der Waals surface area contributed by atoms with Crippen LogP contribution in [0.25, 0.3) is 0 Å². The van der Waals surface area contributed by atoms with Crippen LogP contribution in [0.4, 0.5) is 11.5 Å². The van der Waals surface area contributed by atoms with Crippen LogP contribution in [0.5, 0.6) is 0 Å². The van der Waals surface area contributed by atoms with E-state index in [1.807, 2.05) is 6.26 Å². The van der Waals surface area contributed by atoms with E-state index in [2.05, 4.69) is 24.1 Å². The summed E-state index contributed by atoms with van der Waals surface area (Å²) in [7, 11) is 0. The summed E-state index contributed by atoms with van der Waals surface area (Å²) in [4.78, 5) is 15.0. The molecule has 17 heavy (non-hydrogen) atoms. The van der Waals surface area contributed by atoms with Crippen LogP contribution in [0.15, 0.2) is 12.3 Å². The van der Waals surface area contributed by atoms with Gasteiger partial charge in [0.05, 0.1) is 11.9 Å². The lowest BCUT2D eigenvalue weighted by atomic mass is 10.2. The first-order valence-corrected chi connectivity index (χ1v) is 6.36. The van der Waals surface area contributed by atoms with E-state index in [4.69, 9.17) is 10.8 Å². The summed E-state index contributed by atoms with van der Waals surface area (Å²) in [6, 6.07) is 1.41. The van der Waals surface area contributed by atoms with Crippen LogP contribution in [-0.4, -0.2) is 33.6 Å². The quantitative estimate of drug-likeness (QED) is 0.745. The maximum atomic E-state index is 11.0. The van der Waals surface area contributed by atoms with Gasteiger partial charge in [0.15, 0.2) is 0 Å². The van der Waals surface area contributed by atoms with Crippen LogP contribution in [-0.2, 0) is 0 Å². The van der Waals surface area contributed by atoms with Gasteiger partial charge in [-0.05, 0) is 26.2 Å². The van der Waals surface area contributed by atoms with Crippen LogP contribution >= 0.6 is 11.8 Å². The molecule has 0 amide bonds. The van der Waals surface area contributed by atoms with Gasteiger partial charge in [-0.3, -0.25) is 0 Å². The zero-order chi connectivity index (χ0) is 13.1. The largest absolute Gasteiger partial charge is 0.478 e. The number of hydrogen-bond donors (Lipinski definition) is 3. The molecule has 5 nitrogen and oxygen atoms in total. The SMILES string of the molecule is CSC(C)(C)CNc1ncc(N)cc1C(=O)O. The highest BCUT2D eigenvalue weighted by molar-refractivity contribution is 7.99. The molecule has 0 aliphatic heterocycles. The Balaban J connectivity index is 2.88. The maximum absolute atomic E-state index is 11.0. The summed E-state index contributed by atoms with van der Waals surface area (Å²) in [6.45, 7) is 4.77. The number of carboxylic acids is 1. The number of nitrogens with zero attached hydrogens (tertiary/aromatic N) is 1. The van der Waals surface area contributed by atoms with Gasteiger partial charge in [-0.2, -0.15) is 11.8 Å². The second-order valence-electron chi connectivity index (χ2n) is 4.29. The van der Waals surface area contributed by atoms with E-state index in [0.29, 0.717) is 18.1 Å². The fraction of sp³-hybridized carbons (Fsp3) is 0.455. The highest BCUT2D eigenvalue weighted by atomic mass is 32.2. The number of carboxylic acid groups (broad SMARTS) is 1. The fourth-order valence-electron chi connectivity index (χ4n) is 1.15. The fourth-order valence-corrected chi connectivity index (χ4v) is 1.37. The van der Waals surface area contributed by atoms with Crippen LogP contribution in [0, 0.1) is 0 Å². The minimum atomic E-state index is -1.03. The number of nitrogens with two attached hydrogens (primary N) is 1. The molecule has 0 saturated carbocycles. The molecule has 1 aromatic rings. The van der Waals surface area contributed by atoms with Gasteiger partial charge in [-0.25, -0.2) is 9.78 Å². The molecule has 4 N–H and O–H groups in total. The number of pyridine rings is 1. The molecular weight excluding hydrogens is 238 g/mol. The van der Waals surface area contributed by atoms with Gasteiger partial charge in [-0.1, -0.05) is 0 Å². The highest BCUT2D eigenvalue weighted by Crippen LogP contribution is 2.23. The van der Waals surface area contributed by atoms with E-state index < -0.39 is 5.97 Å². The minimum absolute atomic E-state index is 0.0127. The van der Waals surface area contributed by atoms with Gasteiger partial charge in [0, 0.05) is 11.3 Å². The number of aromatic nitrogens is 1. The van der Waals surface area contributed by atoms with Crippen LogP contribution in [0.2, 0.25) is 0 Å². The summed E-state index contributed by atoms with van der Waals surface area (Å²) in [5, 5.41) is 12.1. The van der Waals surface area contributed by atoms with Crippen molar-refractivity contribution in [3.05, 3.63) is 17.8 Å². The topological polar surface area (TPSA) is 88.2 Å². The molecule has 0 aliphatic rings. The van der Waals surface area contributed by atoms with Gasteiger partial charge < -0.3 is 16.2 Å². The number of nitrogen functional groups attached to an aromatic ring is 1. The summed E-state index contributed by atoms with van der Waals surface area (Å²) in [5.74, 6) is -0.678. The van der Waals surface area contributed by atoms with Crippen molar-refractivity contribution >= 4 is 29.2 Å². The number of anilines is 2. The molecule has 1 heterocycles. The average Bonchev–Trinajstić information content (AvgIpc) is 2.27. The maximum Gasteiger partial charge on any atom is 0.339 e. The summed E-state index contributed by atoms with van der Waals surface area (Å²) in [6.07, 6.45) is 3.46. The van der Waals surface area contributed by atoms with Gasteiger partial charge in [0.25, 0.3) is 0 Å². The Morgan fingerprint density at radius 2 is 2.29 bits per heavy atom. The molecule has 0 atom stereocenters. The molecule has 0 aliphatic carbocycles. The zero-order valence-corrected chi connectivity index (χ0v) is 11.0. The van der Waals surface area contributed by atoms with Crippen molar-refractivity contribution in [1.82, 2.24) is 4.98 Å². The van der Waals surface area contributed by atoms with Crippen molar-refractivity contribution in [3.8, 4) is 0 Å². The van der Waals surface area contributed by atoms with Gasteiger partial charge >= 0.3 is 5.97 Å². The number of carbonyl (C=O) groups is 1. The predicted molar refractivity (Wildman–Crippen MR) is 71.7 cm³/mol. The van der Waals surface area contributed by atoms with E-state index in [1.165, 1.54) is 12.3 Å². The van der Waals surface area contributed by atoms with Crippen molar-refractivity contribution in [2.24, 2.45) is 0 Å². The normalized spacial score (nSPS) is 11.2. The molecule has 0 bridgehead atoms. The number of aromatic carboxylic acids is 1. The first-order valence-electron chi connectivity index (χ1n) is 5.13. The molecule has 1 aromatic heterocycles. The standard InChI is InChI=1S/C11H17N3O2S/c1-11(2,17-3)6-14-9-8(10(15)16)4-7(12)5-13-9/h4-5H,6,12H2,1-3H3,(H,13,14)(H,15,16). The molecule has 0 radical (unpaired) electrons. The Hall–Kier alpha value is -1.43. The van der Waals surface area contributed by atoms with Crippen molar-refractivity contribution in [1.29, 1.82) is 0 Å². The molecule has 0 spiro atoms. The van der Waals surface area contributed by atoms with Crippen molar-refractivity contribution in [2.45, 2.75) is 18.6 Å². The Kier molecular flexibility index (Phi) is 4.22. The lowest BCUT2D eigenvalue weighted by molar-refractivity contribution is 0.0697. The van der Waals surface area contributed by atoms with E-state index in [9.17, 15) is 4.79 Å². The van der Waals surface area contributed by atoms with Gasteiger partial charge in [0.2, 0.25) is 0 Å². The molecule has 0 unspecified atom stereocenters. The highest BCUT2D eigenvalue weighted by Gasteiger charge is 2.18. The van der Waals surface area contributed by atoms with E-state index in [-0.39, 0.29) is 10.3 Å². The number of rotatable bonds is 5. The Morgan fingerprint density at radius 3 is 2.82 bits per heavy atom. The first kappa shape index (κ1) is 13.6. The van der Waals surface area contributed by atoms with Crippen LogP contribution in [0.1, 0.15) is 24.2 Å². The van der Waals surface area contributed by atoms with E-state index >= 15 is 0 Å². The predicted octanol–water partition coefficient (Wildman–Crippen LogP) is 1.92. The molecule has 0 aromatic carbocycles.